The first-order valence-corrected chi connectivity index (χ1v) is 4.39. The Morgan fingerprint density at radius 3 is 3.17 bits per heavy atom. The lowest BCUT2D eigenvalue weighted by Crippen LogP contribution is -2.21. The topological polar surface area (TPSA) is 0 Å². The van der Waals surface area contributed by atoms with Crippen molar-refractivity contribution >= 4 is 0 Å². The molecule has 2 aliphatic carbocycles. The summed E-state index contributed by atoms with van der Waals surface area (Å²) in [7, 11) is 0. The molecule has 0 nitrogen and oxygen atoms in total. The fraction of sp³-hybridized carbons (Fsp3) is 0.667. The minimum Gasteiger partial charge on any atom is -0.0876 e. The average molecular weight is 168 g/mol. The van der Waals surface area contributed by atoms with Gasteiger partial charge < -0.3 is 0 Å². The lowest BCUT2D eigenvalue weighted by atomic mass is 9.75. The molecule has 0 aliphatic heterocycles. The molecule has 0 unspecified atom stereocenters. The van der Waals surface area contributed by atoms with Crippen LogP contribution in [0, 0.1) is 17.3 Å². The molecule has 2 rings (SSSR count). The third-order valence-corrected chi connectivity index (χ3v) is 3.32. The maximum absolute atomic E-state index is 7.80. The molecular formula is C12H18. The number of hydrogen-bond acceptors (Lipinski definition) is 0. The van der Waals surface area contributed by atoms with E-state index in [9.17, 15) is 0 Å². The van der Waals surface area contributed by atoms with Crippen LogP contribution in [0.4, 0.5) is 0 Å². The Balaban J connectivity index is 2.64. The minimum absolute atomic E-state index is 0.0224. The Bertz CT molecular complexity index is 425. The SMILES string of the molecule is [2H]C([2H])([2H])C1=C(C)[C@H]2C=CC[C@H]2[C@@]1(C)C([2H])([2H])[2H]. The highest BCUT2D eigenvalue weighted by Gasteiger charge is 2.44. The summed E-state index contributed by atoms with van der Waals surface area (Å²) in [5.74, 6) is -0.161. The van der Waals surface area contributed by atoms with Crippen molar-refractivity contribution in [1.82, 2.24) is 0 Å². The zero-order valence-corrected chi connectivity index (χ0v) is 7.52. The summed E-state index contributed by atoms with van der Waals surface area (Å²) in [4.78, 5) is 0. The molecular weight excluding hydrogens is 144 g/mol. The normalized spacial score (nSPS) is 55.2. The van der Waals surface area contributed by atoms with Crippen LogP contribution in [0.2, 0.25) is 0 Å². The van der Waals surface area contributed by atoms with Gasteiger partial charge in [-0.1, -0.05) is 37.1 Å². The fourth-order valence-corrected chi connectivity index (χ4v) is 2.46. The highest BCUT2D eigenvalue weighted by Crippen LogP contribution is 2.54. The van der Waals surface area contributed by atoms with E-state index in [1.54, 1.807) is 13.8 Å². The van der Waals surface area contributed by atoms with Crippen molar-refractivity contribution in [1.29, 1.82) is 0 Å². The Morgan fingerprint density at radius 1 is 1.67 bits per heavy atom. The van der Waals surface area contributed by atoms with E-state index in [4.69, 9.17) is 8.22 Å². The maximum atomic E-state index is 7.80. The lowest BCUT2D eigenvalue weighted by Gasteiger charge is -2.28. The first kappa shape index (κ1) is 3.69. The fourth-order valence-electron chi connectivity index (χ4n) is 2.46. The summed E-state index contributed by atoms with van der Waals surface area (Å²) in [5, 5.41) is 0. The van der Waals surface area contributed by atoms with E-state index >= 15 is 0 Å². The maximum Gasteiger partial charge on any atom is 0.0277 e. The van der Waals surface area contributed by atoms with Crippen LogP contribution in [-0.4, -0.2) is 0 Å². The summed E-state index contributed by atoms with van der Waals surface area (Å²) >= 11 is 0. The van der Waals surface area contributed by atoms with Gasteiger partial charge in [0, 0.05) is 14.1 Å². The van der Waals surface area contributed by atoms with E-state index < -0.39 is 19.1 Å². The van der Waals surface area contributed by atoms with Crippen LogP contribution in [0.3, 0.4) is 0 Å². The summed E-state index contributed by atoms with van der Waals surface area (Å²) in [6.45, 7) is -1.25. The van der Waals surface area contributed by atoms with Crippen LogP contribution in [-0.2, 0) is 0 Å². The molecule has 0 N–H and O–H groups in total. The first-order valence-electron chi connectivity index (χ1n) is 7.39. The van der Waals surface area contributed by atoms with Crippen molar-refractivity contribution in [3.8, 4) is 0 Å². The van der Waals surface area contributed by atoms with Crippen molar-refractivity contribution in [2.24, 2.45) is 17.3 Å². The Hall–Kier alpha value is -0.520. The van der Waals surface area contributed by atoms with Gasteiger partial charge in [0.2, 0.25) is 0 Å². The summed E-state index contributed by atoms with van der Waals surface area (Å²) in [5.41, 5.74) is -0.349. The second-order valence-corrected chi connectivity index (χ2v) is 4.06. The molecule has 0 radical (unpaired) electrons. The molecule has 0 aromatic rings. The van der Waals surface area contributed by atoms with Crippen molar-refractivity contribution in [2.75, 3.05) is 0 Å². The molecule has 0 fully saturated rings. The zero-order chi connectivity index (χ0) is 13.9. The van der Waals surface area contributed by atoms with Crippen LogP contribution in [0.1, 0.15) is 42.2 Å². The summed E-state index contributed by atoms with van der Waals surface area (Å²) in [6, 6.07) is 0. The van der Waals surface area contributed by atoms with Gasteiger partial charge in [-0.15, -0.1) is 0 Å². The smallest absolute Gasteiger partial charge is 0.0277 e. The van der Waals surface area contributed by atoms with E-state index in [-0.39, 0.29) is 17.4 Å². The van der Waals surface area contributed by atoms with Crippen molar-refractivity contribution in [2.45, 2.75) is 34.0 Å². The number of hydrogen-bond donors (Lipinski definition) is 0. The van der Waals surface area contributed by atoms with Gasteiger partial charge in [0.25, 0.3) is 0 Å². The van der Waals surface area contributed by atoms with Gasteiger partial charge in [-0.05, 0) is 31.5 Å². The first-order chi connectivity index (χ1) is 8.01. The van der Waals surface area contributed by atoms with Gasteiger partial charge in [-0.3, -0.25) is 0 Å². The number of fused-ring (bicyclic) bond motifs is 1. The molecule has 0 bridgehead atoms. The van der Waals surface area contributed by atoms with Gasteiger partial charge in [0.05, 0.1) is 0 Å². The number of rotatable bonds is 0. The summed E-state index contributed by atoms with van der Waals surface area (Å²) in [6.07, 6.45) is 4.58. The molecule has 0 spiro atoms. The van der Waals surface area contributed by atoms with E-state index in [0.29, 0.717) is 6.42 Å². The van der Waals surface area contributed by atoms with E-state index in [1.807, 2.05) is 12.2 Å². The number of allylic oxidation sites excluding steroid dienone is 4. The highest BCUT2D eigenvalue weighted by atomic mass is 14.5. The van der Waals surface area contributed by atoms with E-state index in [0.717, 1.165) is 5.57 Å². The standard InChI is InChI=1S/C12H18/c1-8-9(2)12(3,4)11-7-5-6-10(8)11/h5-6,10-11H,7H2,1-4H3/t10-,11-/m1/s1/i2D3,3D3/t10-,11-,12-. The summed E-state index contributed by atoms with van der Waals surface area (Å²) < 4.78 is 46.4. The lowest BCUT2D eigenvalue weighted by molar-refractivity contribution is 0.273. The van der Waals surface area contributed by atoms with Gasteiger partial charge in [0.1, 0.15) is 0 Å². The van der Waals surface area contributed by atoms with Gasteiger partial charge in [-0.2, -0.15) is 0 Å². The average Bonchev–Trinajstić information content (AvgIpc) is 2.67. The van der Waals surface area contributed by atoms with Gasteiger partial charge in [-0.25, -0.2) is 0 Å². The van der Waals surface area contributed by atoms with Crippen molar-refractivity contribution < 1.29 is 8.22 Å². The quantitative estimate of drug-likeness (QED) is 0.485. The van der Waals surface area contributed by atoms with Crippen LogP contribution >= 0.6 is 0 Å². The Morgan fingerprint density at radius 2 is 2.50 bits per heavy atom. The molecule has 0 saturated carbocycles. The Labute approximate surface area is 83.8 Å². The minimum atomic E-state index is -2.33. The zero-order valence-electron chi connectivity index (χ0n) is 13.5. The van der Waals surface area contributed by atoms with Crippen LogP contribution in [0.15, 0.2) is 23.3 Å². The third-order valence-electron chi connectivity index (χ3n) is 3.32. The second kappa shape index (κ2) is 2.25. The molecule has 3 atom stereocenters. The van der Waals surface area contributed by atoms with E-state index in [2.05, 4.69) is 0 Å². The van der Waals surface area contributed by atoms with Crippen LogP contribution in [0.5, 0.6) is 0 Å². The van der Waals surface area contributed by atoms with E-state index in [1.165, 1.54) is 0 Å². The molecule has 0 heterocycles. The van der Waals surface area contributed by atoms with Gasteiger partial charge >= 0.3 is 0 Å². The highest BCUT2D eigenvalue weighted by molar-refractivity contribution is 5.35. The Kier molecular flexibility index (Phi) is 0.691. The molecule has 0 heteroatoms. The molecule has 12 heavy (non-hydrogen) atoms. The predicted molar refractivity (Wildman–Crippen MR) is 52.9 cm³/mol. The molecule has 66 valence electrons. The van der Waals surface area contributed by atoms with Crippen LogP contribution < -0.4 is 0 Å². The van der Waals surface area contributed by atoms with Crippen LogP contribution in [0.25, 0.3) is 0 Å². The second-order valence-electron chi connectivity index (χ2n) is 4.06. The third kappa shape index (κ3) is 0.784. The molecule has 0 saturated heterocycles. The van der Waals surface area contributed by atoms with Crippen molar-refractivity contribution in [3.63, 3.8) is 0 Å². The largest absolute Gasteiger partial charge is 0.0876 e. The molecule has 0 aromatic carbocycles. The molecule has 2 aliphatic rings. The van der Waals surface area contributed by atoms with Gasteiger partial charge in [0.15, 0.2) is 0 Å². The monoisotopic (exact) mass is 168 g/mol. The molecule has 0 aromatic heterocycles. The molecule has 0 amide bonds. The van der Waals surface area contributed by atoms with Crippen molar-refractivity contribution in [3.05, 3.63) is 23.3 Å². The predicted octanol–water partition coefficient (Wildman–Crippen LogP) is 3.55.